The molecule has 96 heavy (non-hydrogen) atoms. The van der Waals surface area contributed by atoms with Crippen molar-refractivity contribution in [3.8, 4) is 123 Å². The summed E-state index contributed by atoms with van der Waals surface area (Å²) >= 11 is 0. The van der Waals surface area contributed by atoms with Crippen LogP contribution in [0.3, 0.4) is 0 Å². The SMILES string of the molecule is CC/C(=C\C(C)C(/C=C(\C)n1c2ccc(-c3c(C#N)cc(C#N)cc3C#N)cc2c2cc(-c3c(C#N)cc(C#N)cc3C#N)ccc21)C/C=C(C#N)\C=C(/C)n1c2ccc(-c3c(C#N)cc(C#N)cc3C#N)cc2c2cc(-c3c(C#N)cc(C#N)cc3C#N)ccc21)C(F)(F)F. The van der Waals surface area contributed by atoms with Gasteiger partial charge in [0.25, 0.3) is 0 Å². The van der Waals surface area contributed by atoms with Gasteiger partial charge in [-0.25, -0.2) is 0 Å². The molecule has 0 amide bonds. The molecular formula is C78H42F3N15. The smallest absolute Gasteiger partial charge is 0.314 e. The van der Waals surface area contributed by atoms with Crippen LogP contribution in [-0.2, 0) is 0 Å². The molecule has 0 fully saturated rings. The molecule has 0 saturated heterocycles. The van der Waals surface area contributed by atoms with Gasteiger partial charge >= 0.3 is 6.18 Å². The Kier molecular flexibility index (Phi) is 17.8. The van der Waals surface area contributed by atoms with Crippen LogP contribution >= 0.6 is 0 Å². The fourth-order valence-electron chi connectivity index (χ4n) is 12.6. The summed E-state index contributed by atoms with van der Waals surface area (Å²) in [5.41, 5.74) is 6.40. The molecule has 0 aliphatic rings. The monoisotopic (exact) mass is 1250 g/mol. The summed E-state index contributed by atoms with van der Waals surface area (Å²) in [5, 5.41) is 135. The van der Waals surface area contributed by atoms with Crippen molar-refractivity contribution in [1.82, 2.24) is 9.13 Å². The maximum atomic E-state index is 14.7. The fraction of sp³-hybridized carbons (Fsp3) is 0.115. The lowest BCUT2D eigenvalue weighted by atomic mass is 9.87. The average molecular weight is 1250 g/mol. The van der Waals surface area contributed by atoms with Gasteiger partial charge in [0.15, 0.2) is 0 Å². The van der Waals surface area contributed by atoms with Crippen molar-refractivity contribution in [2.75, 3.05) is 0 Å². The Morgan fingerprint density at radius 1 is 0.406 bits per heavy atom. The number of nitriles is 13. The largest absolute Gasteiger partial charge is 0.412 e. The number of alkyl halides is 3. The van der Waals surface area contributed by atoms with Crippen LogP contribution < -0.4 is 0 Å². The van der Waals surface area contributed by atoms with Crippen LogP contribution in [0.25, 0.3) is 99.5 Å². The van der Waals surface area contributed by atoms with Gasteiger partial charge in [-0.2, -0.15) is 81.6 Å². The Labute approximate surface area is 548 Å². The van der Waals surface area contributed by atoms with Gasteiger partial charge < -0.3 is 9.13 Å². The molecule has 2 atom stereocenters. The first kappa shape index (κ1) is 64.5. The summed E-state index contributed by atoms with van der Waals surface area (Å²) in [5.74, 6) is -1.57. The van der Waals surface area contributed by atoms with Gasteiger partial charge in [0.05, 0.1) is 168 Å². The Bertz CT molecular complexity index is 5380. The van der Waals surface area contributed by atoms with Crippen molar-refractivity contribution in [2.45, 2.75) is 46.7 Å². The maximum Gasteiger partial charge on any atom is 0.412 e. The van der Waals surface area contributed by atoms with Gasteiger partial charge in [-0.1, -0.05) is 56.3 Å². The van der Waals surface area contributed by atoms with E-state index in [0.717, 1.165) is 0 Å². The van der Waals surface area contributed by atoms with E-state index in [4.69, 9.17) is 0 Å². The predicted octanol–water partition coefficient (Wildman–Crippen LogP) is 17.4. The minimum absolute atomic E-state index is 0.0150. The summed E-state index contributed by atoms with van der Waals surface area (Å²) in [6.07, 6.45) is 1.29. The third-order valence-corrected chi connectivity index (χ3v) is 16.9. The summed E-state index contributed by atoms with van der Waals surface area (Å²) < 4.78 is 47.9. The molecule has 0 bridgehead atoms. The molecule has 2 unspecified atom stereocenters. The van der Waals surface area contributed by atoms with E-state index in [-0.39, 0.29) is 107 Å². The van der Waals surface area contributed by atoms with Crippen molar-refractivity contribution in [2.24, 2.45) is 11.8 Å². The van der Waals surface area contributed by atoms with Gasteiger partial charge in [-0.3, -0.25) is 0 Å². The van der Waals surface area contributed by atoms with Crippen LogP contribution in [0.1, 0.15) is 107 Å². The van der Waals surface area contributed by atoms with E-state index in [1.807, 2.05) is 39.5 Å². The number of fused-ring (bicyclic) bond motifs is 6. The van der Waals surface area contributed by atoms with E-state index in [2.05, 4.69) is 54.6 Å². The van der Waals surface area contributed by atoms with Crippen LogP contribution in [0.4, 0.5) is 13.2 Å². The van der Waals surface area contributed by atoms with E-state index in [0.29, 0.717) is 77.3 Å². The van der Waals surface area contributed by atoms with E-state index >= 15 is 0 Å². The Morgan fingerprint density at radius 3 is 0.927 bits per heavy atom. The highest BCUT2D eigenvalue weighted by atomic mass is 19.4. The zero-order valence-electron chi connectivity index (χ0n) is 51.3. The zero-order chi connectivity index (χ0) is 68.9. The number of hydrogen-bond acceptors (Lipinski definition) is 13. The second-order valence-electron chi connectivity index (χ2n) is 22.4. The second kappa shape index (κ2) is 26.5. The molecule has 10 rings (SSSR count). The minimum atomic E-state index is -4.67. The lowest BCUT2D eigenvalue weighted by Gasteiger charge is -2.21. The predicted molar refractivity (Wildman–Crippen MR) is 353 cm³/mol. The lowest BCUT2D eigenvalue weighted by molar-refractivity contribution is -0.0941. The first-order valence-corrected chi connectivity index (χ1v) is 29.3. The van der Waals surface area contributed by atoms with Gasteiger partial charge in [0.2, 0.25) is 0 Å². The molecule has 10 aromatic rings. The zero-order valence-corrected chi connectivity index (χ0v) is 51.3. The summed E-state index contributed by atoms with van der Waals surface area (Å²) in [6, 6.07) is 59.2. The molecule has 2 aromatic heterocycles. The molecule has 0 spiro atoms. The van der Waals surface area contributed by atoms with Crippen molar-refractivity contribution in [3.05, 3.63) is 224 Å². The molecule has 0 radical (unpaired) electrons. The summed E-state index contributed by atoms with van der Waals surface area (Å²) in [7, 11) is 0. The number of hydrogen-bond donors (Lipinski definition) is 0. The topological polar surface area (TPSA) is 319 Å². The summed E-state index contributed by atoms with van der Waals surface area (Å²) in [6.45, 7) is 6.61. The molecular weight excluding hydrogens is 1200 g/mol. The molecule has 15 nitrogen and oxygen atoms in total. The van der Waals surface area contributed by atoms with E-state index in [1.165, 1.54) is 61.5 Å². The number of halogens is 3. The number of aromatic nitrogens is 2. The highest BCUT2D eigenvalue weighted by Crippen LogP contribution is 2.44. The van der Waals surface area contributed by atoms with Crippen molar-refractivity contribution in [3.63, 3.8) is 0 Å². The summed E-state index contributed by atoms with van der Waals surface area (Å²) in [4.78, 5) is 0. The van der Waals surface area contributed by atoms with Crippen molar-refractivity contribution < 1.29 is 13.2 Å². The van der Waals surface area contributed by atoms with Crippen molar-refractivity contribution >= 4 is 55.0 Å². The van der Waals surface area contributed by atoms with E-state index < -0.39 is 23.6 Å². The Balaban J connectivity index is 1.16. The van der Waals surface area contributed by atoms with Crippen LogP contribution in [-0.4, -0.2) is 15.3 Å². The molecule has 0 aliphatic heterocycles. The van der Waals surface area contributed by atoms with Crippen LogP contribution in [0.2, 0.25) is 0 Å². The van der Waals surface area contributed by atoms with E-state index in [1.54, 1.807) is 106 Å². The number of nitrogens with zero attached hydrogens (tertiary/aromatic N) is 15. The number of allylic oxidation sites excluding steroid dienone is 8. The van der Waals surface area contributed by atoms with Crippen LogP contribution in [0.5, 0.6) is 0 Å². The average Bonchev–Trinajstić information content (AvgIpc) is 1.57. The Hall–Kier alpha value is -14.5. The molecule has 8 aromatic carbocycles. The first-order valence-electron chi connectivity index (χ1n) is 29.3. The molecule has 0 N–H and O–H groups in total. The lowest BCUT2D eigenvalue weighted by Crippen LogP contribution is -2.15. The maximum absolute atomic E-state index is 14.7. The quantitative estimate of drug-likeness (QED) is 0.0589. The third-order valence-electron chi connectivity index (χ3n) is 16.9. The van der Waals surface area contributed by atoms with Gasteiger partial charge in [-0.15, -0.1) is 0 Å². The van der Waals surface area contributed by atoms with Crippen molar-refractivity contribution in [1.29, 1.82) is 68.4 Å². The number of rotatable bonds is 13. The fourth-order valence-corrected chi connectivity index (χ4v) is 12.6. The highest BCUT2D eigenvalue weighted by molar-refractivity contribution is 6.14. The minimum Gasteiger partial charge on any atom is -0.314 e. The van der Waals surface area contributed by atoms with Crippen LogP contribution in [0.15, 0.2) is 157 Å². The van der Waals surface area contributed by atoms with Gasteiger partial charge in [0, 0.05) is 66.3 Å². The standard InChI is InChI=1S/C78H42F3N15/c1-5-65(78(79,80)81)16-44(2)52(18-46(4)96-72-14-10-55(76-61(40-91)23-50(34-85)24-62(76)41-92)29-68(72)69-30-56(11-15-73(69)96)77-63(42-93)25-51(35-86)26-64(77)43-94)7-6-47(31-82)17-45(3)95-70-12-8-53(74-57(36-87)19-48(32-83)20-58(74)37-88)27-66(70)67-28-54(9-13-71(67)95)75-59(38-89)21-49(33-84)22-60(75)39-90/h6,8-30,44,52H,5,7H2,1-4H3/b45-17+,46-18+,47-6+,65-16+. The number of benzene rings is 8. The van der Waals surface area contributed by atoms with Gasteiger partial charge in [0.1, 0.15) is 0 Å². The molecule has 0 saturated carbocycles. The molecule has 0 aliphatic carbocycles. The normalized spacial score (nSPS) is 12.2. The second-order valence-corrected chi connectivity index (χ2v) is 22.4. The highest BCUT2D eigenvalue weighted by Gasteiger charge is 2.33. The molecule has 2 heterocycles. The molecule has 450 valence electrons. The molecule has 18 heteroatoms. The third kappa shape index (κ3) is 11.7. The van der Waals surface area contributed by atoms with Crippen LogP contribution in [0, 0.1) is 159 Å². The Morgan fingerprint density at radius 2 is 0.688 bits per heavy atom. The first-order chi connectivity index (χ1) is 46.3. The van der Waals surface area contributed by atoms with Gasteiger partial charge in [-0.05, 0) is 164 Å². The van der Waals surface area contributed by atoms with E-state index in [9.17, 15) is 81.6 Å².